The highest BCUT2D eigenvalue weighted by atomic mass is 79.9. The number of rotatable bonds is 1. The van der Waals surface area contributed by atoms with E-state index >= 15 is 0 Å². The number of thioether (sulfide) groups is 1. The molecule has 0 bridgehead atoms. The zero-order valence-corrected chi connectivity index (χ0v) is 14.3. The van der Waals surface area contributed by atoms with Gasteiger partial charge in [-0.05, 0) is 25.1 Å². The lowest BCUT2D eigenvalue weighted by Gasteiger charge is -2.32. The number of nitrogens with two attached hydrogens (primary N) is 1. The average molecular weight is 371 g/mol. The summed E-state index contributed by atoms with van der Waals surface area (Å²) in [4.78, 5) is 15.3. The van der Waals surface area contributed by atoms with Crippen molar-refractivity contribution in [1.82, 2.24) is 4.90 Å². The monoisotopic (exact) mass is 370 g/mol. The topological polar surface area (TPSA) is 46.3 Å². The second-order valence-corrected chi connectivity index (χ2v) is 8.03. The van der Waals surface area contributed by atoms with E-state index in [1.165, 1.54) is 11.3 Å². The molecule has 6 heteroatoms. The number of carbonyl (C=O) groups excluding carboxylic acids is 1. The molecule has 1 aliphatic heterocycles. The number of benzene rings is 1. The minimum Gasteiger partial charge on any atom is -0.397 e. The van der Waals surface area contributed by atoms with Crippen LogP contribution in [0.1, 0.15) is 16.6 Å². The van der Waals surface area contributed by atoms with E-state index in [-0.39, 0.29) is 11.9 Å². The number of nitrogen functional groups attached to an aromatic ring is 1. The first-order valence-electron chi connectivity index (χ1n) is 6.44. The van der Waals surface area contributed by atoms with Crippen molar-refractivity contribution in [2.45, 2.75) is 13.0 Å². The molecule has 20 heavy (non-hydrogen) atoms. The van der Waals surface area contributed by atoms with E-state index in [1.54, 1.807) is 0 Å². The van der Waals surface area contributed by atoms with E-state index in [4.69, 9.17) is 5.73 Å². The van der Waals surface area contributed by atoms with E-state index < -0.39 is 0 Å². The Morgan fingerprint density at radius 1 is 1.50 bits per heavy atom. The fourth-order valence-electron chi connectivity index (χ4n) is 2.41. The number of amides is 1. The Morgan fingerprint density at radius 2 is 2.30 bits per heavy atom. The molecule has 0 radical (unpaired) electrons. The molecule has 1 aliphatic rings. The van der Waals surface area contributed by atoms with E-state index in [0.717, 1.165) is 32.6 Å². The third-order valence-electron chi connectivity index (χ3n) is 3.51. The summed E-state index contributed by atoms with van der Waals surface area (Å²) in [5.41, 5.74) is 6.81. The van der Waals surface area contributed by atoms with Gasteiger partial charge in [-0.2, -0.15) is 11.8 Å². The van der Waals surface area contributed by atoms with Crippen LogP contribution in [0.2, 0.25) is 0 Å². The molecule has 3 nitrogen and oxygen atoms in total. The lowest BCUT2D eigenvalue weighted by atomic mass is 10.2. The minimum absolute atomic E-state index is 0.0765. The van der Waals surface area contributed by atoms with Gasteiger partial charge in [0.25, 0.3) is 5.91 Å². The molecular weight excluding hydrogens is 356 g/mol. The molecule has 1 aromatic heterocycles. The molecule has 1 saturated heterocycles. The van der Waals surface area contributed by atoms with E-state index in [0.29, 0.717) is 10.6 Å². The normalized spacial score (nSPS) is 19.5. The van der Waals surface area contributed by atoms with Crippen LogP contribution in [0.3, 0.4) is 0 Å². The van der Waals surface area contributed by atoms with Gasteiger partial charge in [-0.1, -0.05) is 15.9 Å². The first-order valence-corrected chi connectivity index (χ1v) is 9.20. The zero-order valence-electron chi connectivity index (χ0n) is 11.1. The van der Waals surface area contributed by atoms with E-state index in [1.807, 2.05) is 34.9 Å². The molecule has 1 aromatic carbocycles. The summed E-state index contributed by atoms with van der Waals surface area (Å²) in [5, 5.41) is 0.965. The van der Waals surface area contributed by atoms with Crippen molar-refractivity contribution < 1.29 is 4.79 Å². The molecule has 3 rings (SSSR count). The van der Waals surface area contributed by atoms with Crippen LogP contribution in [0, 0.1) is 0 Å². The standard InChI is InChI=1S/C14H15BrN2OS2/c1-8-7-19-5-4-17(8)14(18)13-12(16)10-6-9(15)2-3-11(10)20-13/h2-3,6,8H,4-5,7,16H2,1H3. The van der Waals surface area contributed by atoms with Gasteiger partial charge in [0.2, 0.25) is 0 Å². The van der Waals surface area contributed by atoms with E-state index in [9.17, 15) is 4.79 Å². The quantitative estimate of drug-likeness (QED) is 0.829. The van der Waals surface area contributed by atoms with Crippen LogP contribution < -0.4 is 5.73 Å². The number of hydrogen-bond donors (Lipinski definition) is 1. The average Bonchev–Trinajstić information content (AvgIpc) is 2.76. The second-order valence-electron chi connectivity index (χ2n) is 4.91. The predicted molar refractivity (Wildman–Crippen MR) is 91.8 cm³/mol. The number of hydrogen-bond acceptors (Lipinski definition) is 4. The van der Waals surface area contributed by atoms with Crippen molar-refractivity contribution in [3.8, 4) is 0 Å². The smallest absolute Gasteiger partial charge is 0.266 e. The molecule has 1 amide bonds. The number of anilines is 1. The van der Waals surface area contributed by atoms with Crippen molar-refractivity contribution in [2.75, 3.05) is 23.8 Å². The number of thiophene rings is 1. The Bertz CT molecular complexity index is 670. The molecule has 2 N–H and O–H groups in total. The molecule has 0 aliphatic carbocycles. The first kappa shape index (κ1) is 14.2. The largest absolute Gasteiger partial charge is 0.397 e. The number of halogens is 1. The maximum absolute atomic E-state index is 12.7. The summed E-state index contributed by atoms with van der Waals surface area (Å²) in [6.45, 7) is 2.91. The highest BCUT2D eigenvalue weighted by molar-refractivity contribution is 9.10. The predicted octanol–water partition coefficient (Wildman–Crippen LogP) is 3.82. The summed E-state index contributed by atoms with van der Waals surface area (Å²) in [6, 6.07) is 6.24. The van der Waals surface area contributed by atoms with Gasteiger partial charge in [-0.25, -0.2) is 0 Å². The van der Waals surface area contributed by atoms with Crippen molar-refractivity contribution in [2.24, 2.45) is 0 Å². The summed E-state index contributed by atoms with van der Waals surface area (Å²) in [6.07, 6.45) is 0. The molecule has 0 spiro atoms. The molecule has 0 saturated carbocycles. The van der Waals surface area contributed by atoms with Crippen LogP contribution in [0.4, 0.5) is 5.69 Å². The summed E-state index contributed by atoms with van der Waals surface area (Å²) in [7, 11) is 0. The van der Waals surface area contributed by atoms with Gasteiger partial charge in [-0.15, -0.1) is 11.3 Å². The second kappa shape index (κ2) is 5.58. The van der Waals surface area contributed by atoms with Crippen molar-refractivity contribution in [3.05, 3.63) is 27.5 Å². The lowest BCUT2D eigenvalue weighted by molar-refractivity contribution is 0.0722. The number of fused-ring (bicyclic) bond motifs is 1. The minimum atomic E-state index is 0.0765. The van der Waals surface area contributed by atoms with Crippen LogP contribution in [0.5, 0.6) is 0 Å². The summed E-state index contributed by atoms with van der Waals surface area (Å²) >= 11 is 6.85. The molecular formula is C14H15BrN2OS2. The Balaban J connectivity index is 2.01. The van der Waals surface area contributed by atoms with Crippen LogP contribution in [0.25, 0.3) is 10.1 Å². The highest BCUT2D eigenvalue weighted by Crippen LogP contribution is 2.36. The molecule has 1 fully saturated rings. The Morgan fingerprint density at radius 3 is 3.05 bits per heavy atom. The third-order valence-corrected chi connectivity index (χ3v) is 6.37. The molecule has 2 aromatic rings. The van der Waals surface area contributed by atoms with Crippen LogP contribution >= 0.6 is 39.0 Å². The summed E-state index contributed by atoms with van der Waals surface area (Å²) < 4.78 is 2.05. The maximum atomic E-state index is 12.7. The van der Waals surface area contributed by atoms with Gasteiger partial charge in [0, 0.05) is 38.7 Å². The Labute approximate surface area is 134 Å². The van der Waals surface area contributed by atoms with Crippen LogP contribution in [-0.2, 0) is 0 Å². The van der Waals surface area contributed by atoms with Gasteiger partial charge >= 0.3 is 0 Å². The molecule has 1 unspecified atom stereocenters. The molecule has 1 atom stereocenters. The van der Waals surface area contributed by atoms with Gasteiger partial charge in [0.1, 0.15) is 4.88 Å². The first-order chi connectivity index (χ1) is 9.58. The van der Waals surface area contributed by atoms with Gasteiger partial charge < -0.3 is 10.6 Å². The Hall–Kier alpha value is -0.720. The van der Waals surface area contributed by atoms with Crippen molar-refractivity contribution >= 4 is 60.7 Å². The fraction of sp³-hybridized carbons (Fsp3) is 0.357. The fourth-order valence-corrected chi connectivity index (χ4v) is 4.84. The van der Waals surface area contributed by atoms with Gasteiger partial charge in [0.05, 0.1) is 5.69 Å². The van der Waals surface area contributed by atoms with Crippen LogP contribution in [0.15, 0.2) is 22.7 Å². The van der Waals surface area contributed by atoms with Crippen LogP contribution in [-0.4, -0.2) is 34.9 Å². The van der Waals surface area contributed by atoms with Gasteiger partial charge in [-0.3, -0.25) is 4.79 Å². The van der Waals surface area contributed by atoms with Gasteiger partial charge in [0.15, 0.2) is 0 Å². The maximum Gasteiger partial charge on any atom is 0.266 e. The number of carbonyl (C=O) groups is 1. The number of nitrogens with zero attached hydrogens (tertiary/aromatic N) is 1. The zero-order chi connectivity index (χ0) is 14.3. The third kappa shape index (κ3) is 2.44. The van der Waals surface area contributed by atoms with E-state index in [2.05, 4.69) is 22.9 Å². The summed E-state index contributed by atoms with van der Waals surface area (Å²) in [5.74, 6) is 2.08. The van der Waals surface area contributed by atoms with Crippen molar-refractivity contribution in [3.63, 3.8) is 0 Å². The highest BCUT2D eigenvalue weighted by Gasteiger charge is 2.27. The lowest BCUT2D eigenvalue weighted by Crippen LogP contribution is -2.44. The Kier molecular flexibility index (Phi) is 3.97. The SMILES string of the molecule is CC1CSCCN1C(=O)c1sc2ccc(Br)cc2c1N. The molecule has 2 heterocycles. The van der Waals surface area contributed by atoms with Crippen molar-refractivity contribution in [1.29, 1.82) is 0 Å². The molecule has 106 valence electrons.